The van der Waals surface area contributed by atoms with Crippen LogP contribution in [0.1, 0.15) is 60.3 Å². The van der Waals surface area contributed by atoms with E-state index >= 15 is 0 Å². The Morgan fingerprint density at radius 1 is 0.895 bits per heavy atom. The van der Waals surface area contributed by atoms with Crippen molar-refractivity contribution in [1.82, 2.24) is 0 Å². The molecular formula is C19H34. The Morgan fingerprint density at radius 3 is 1.89 bits per heavy atom. The van der Waals surface area contributed by atoms with Crippen LogP contribution in [0.5, 0.6) is 0 Å². The van der Waals surface area contributed by atoms with Gasteiger partial charge in [0.15, 0.2) is 0 Å². The maximum Gasteiger partial charge on any atom is -0.0196 e. The highest BCUT2D eigenvalue weighted by atomic mass is 14.2. The topological polar surface area (TPSA) is 0 Å². The highest BCUT2D eigenvalue weighted by Crippen LogP contribution is 2.26. The largest absolute Gasteiger partial charge is 0.0991 e. The van der Waals surface area contributed by atoms with Gasteiger partial charge in [-0.25, -0.2) is 0 Å². The Hall–Kier alpha value is -0.780. The van der Waals surface area contributed by atoms with E-state index in [0.717, 1.165) is 17.8 Å². The van der Waals surface area contributed by atoms with Crippen LogP contribution in [0, 0.1) is 23.7 Å². The molecule has 0 amide bonds. The minimum Gasteiger partial charge on any atom is -0.0991 e. The van der Waals surface area contributed by atoms with E-state index < -0.39 is 0 Å². The summed E-state index contributed by atoms with van der Waals surface area (Å²) in [7, 11) is 0. The van der Waals surface area contributed by atoms with E-state index in [4.69, 9.17) is 0 Å². The van der Waals surface area contributed by atoms with Gasteiger partial charge < -0.3 is 0 Å². The molecule has 0 bridgehead atoms. The van der Waals surface area contributed by atoms with Crippen LogP contribution in [0.15, 0.2) is 37.0 Å². The number of rotatable bonds is 10. The molecule has 0 spiro atoms. The minimum atomic E-state index is 0.580. The van der Waals surface area contributed by atoms with Gasteiger partial charge in [0.25, 0.3) is 0 Å². The van der Waals surface area contributed by atoms with E-state index in [1.165, 1.54) is 31.3 Å². The zero-order valence-corrected chi connectivity index (χ0v) is 13.8. The first kappa shape index (κ1) is 18.2. The van der Waals surface area contributed by atoms with Crippen molar-refractivity contribution in [2.75, 3.05) is 0 Å². The number of hydrogen-bond donors (Lipinski definition) is 0. The molecule has 3 atom stereocenters. The summed E-state index contributed by atoms with van der Waals surface area (Å²) in [5.74, 6) is 3.07. The van der Waals surface area contributed by atoms with Crippen LogP contribution in [0.25, 0.3) is 0 Å². The van der Waals surface area contributed by atoms with Crippen molar-refractivity contribution in [2.24, 2.45) is 23.7 Å². The summed E-state index contributed by atoms with van der Waals surface area (Å²) in [6.45, 7) is 19.6. The first-order chi connectivity index (χ1) is 8.88. The molecular weight excluding hydrogens is 228 g/mol. The van der Waals surface area contributed by atoms with Gasteiger partial charge in [0, 0.05) is 0 Å². The van der Waals surface area contributed by atoms with Crippen LogP contribution < -0.4 is 0 Å². The van der Waals surface area contributed by atoms with Crippen LogP contribution in [0.3, 0.4) is 0 Å². The average Bonchev–Trinajstić information content (AvgIpc) is 2.38. The fourth-order valence-corrected chi connectivity index (χ4v) is 2.22. The Balaban J connectivity index is 4.00. The first-order valence-corrected chi connectivity index (χ1v) is 7.86. The van der Waals surface area contributed by atoms with Crippen molar-refractivity contribution >= 4 is 0 Å². The molecule has 0 aromatic heterocycles. The van der Waals surface area contributed by atoms with Crippen LogP contribution in [-0.4, -0.2) is 0 Å². The molecule has 0 radical (unpaired) electrons. The maximum atomic E-state index is 4.14. The average molecular weight is 262 g/mol. The Bertz CT molecular complexity index is 282. The molecule has 0 heteroatoms. The summed E-state index contributed by atoms with van der Waals surface area (Å²) in [5, 5.41) is 0. The maximum absolute atomic E-state index is 4.14. The third-order valence-corrected chi connectivity index (χ3v) is 4.31. The van der Waals surface area contributed by atoms with E-state index in [-0.39, 0.29) is 0 Å². The second-order valence-corrected chi connectivity index (χ2v) is 6.57. The lowest BCUT2D eigenvalue weighted by molar-refractivity contribution is 0.306. The molecule has 0 heterocycles. The van der Waals surface area contributed by atoms with E-state index in [9.17, 15) is 0 Å². The molecule has 0 aliphatic heterocycles. The number of allylic oxidation sites excluding steroid dienone is 4. The molecule has 110 valence electrons. The van der Waals surface area contributed by atoms with Gasteiger partial charge in [-0.2, -0.15) is 0 Å². The van der Waals surface area contributed by atoms with Crippen LogP contribution in [-0.2, 0) is 0 Å². The van der Waals surface area contributed by atoms with Crippen LogP contribution in [0.4, 0.5) is 0 Å². The summed E-state index contributed by atoms with van der Waals surface area (Å²) >= 11 is 0. The Kier molecular flexibility index (Phi) is 9.65. The van der Waals surface area contributed by atoms with E-state index in [2.05, 4.69) is 53.9 Å². The van der Waals surface area contributed by atoms with Crippen molar-refractivity contribution in [3.63, 3.8) is 0 Å². The third-order valence-electron chi connectivity index (χ3n) is 4.31. The van der Waals surface area contributed by atoms with Crippen molar-refractivity contribution in [1.29, 1.82) is 0 Å². The monoisotopic (exact) mass is 262 g/mol. The second-order valence-electron chi connectivity index (χ2n) is 6.57. The molecule has 3 unspecified atom stereocenters. The molecule has 0 aromatic rings. The fourth-order valence-electron chi connectivity index (χ4n) is 2.22. The highest BCUT2D eigenvalue weighted by Gasteiger charge is 2.14. The Morgan fingerprint density at radius 2 is 1.42 bits per heavy atom. The van der Waals surface area contributed by atoms with E-state index in [1.807, 2.05) is 12.2 Å². The summed E-state index contributed by atoms with van der Waals surface area (Å²) in [6, 6.07) is 0. The normalized spacial score (nSPS) is 16.5. The number of hydrogen-bond acceptors (Lipinski definition) is 0. The smallest absolute Gasteiger partial charge is 0.0196 e. The predicted octanol–water partition coefficient (Wildman–Crippen LogP) is 6.41. The standard InChI is InChI=1S/C19H34/c1-8-9-10-16(4)18(6)13-14-19(7)17(5)12-11-15(2)3/h8-10,15,17-19H,1,4,11-14H2,2-3,5-7H3/b10-9-. The molecule has 0 saturated carbocycles. The predicted molar refractivity (Wildman–Crippen MR) is 89.3 cm³/mol. The van der Waals surface area contributed by atoms with Gasteiger partial charge in [0.1, 0.15) is 0 Å². The molecule has 0 aliphatic carbocycles. The molecule has 19 heavy (non-hydrogen) atoms. The molecule has 0 fully saturated rings. The SMILES string of the molecule is C=C/C=C\C(=C)C(C)CCC(C)C(C)CCC(C)C. The van der Waals surface area contributed by atoms with Crippen molar-refractivity contribution < 1.29 is 0 Å². The third kappa shape index (κ3) is 8.86. The Labute approximate surface area is 121 Å². The van der Waals surface area contributed by atoms with Gasteiger partial charge in [-0.15, -0.1) is 0 Å². The van der Waals surface area contributed by atoms with E-state index in [0.29, 0.717) is 5.92 Å². The van der Waals surface area contributed by atoms with Crippen LogP contribution in [0.2, 0.25) is 0 Å². The van der Waals surface area contributed by atoms with Gasteiger partial charge in [-0.3, -0.25) is 0 Å². The molecule has 0 aliphatic rings. The molecule has 0 saturated heterocycles. The summed E-state index contributed by atoms with van der Waals surface area (Å²) in [4.78, 5) is 0. The first-order valence-electron chi connectivity index (χ1n) is 7.86. The lowest BCUT2D eigenvalue weighted by Gasteiger charge is -2.22. The van der Waals surface area contributed by atoms with Gasteiger partial charge >= 0.3 is 0 Å². The fraction of sp³-hybridized carbons (Fsp3) is 0.684. The molecule has 0 aromatic carbocycles. The quantitative estimate of drug-likeness (QED) is 0.399. The van der Waals surface area contributed by atoms with Crippen molar-refractivity contribution in [2.45, 2.75) is 60.3 Å². The second kappa shape index (κ2) is 10.1. The zero-order chi connectivity index (χ0) is 14.8. The van der Waals surface area contributed by atoms with Gasteiger partial charge in [-0.1, -0.05) is 84.4 Å². The van der Waals surface area contributed by atoms with Crippen molar-refractivity contribution in [3.05, 3.63) is 37.0 Å². The van der Waals surface area contributed by atoms with E-state index in [1.54, 1.807) is 0 Å². The van der Waals surface area contributed by atoms with Gasteiger partial charge in [0.05, 0.1) is 0 Å². The molecule has 0 N–H and O–H groups in total. The lowest BCUT2D eigenvalue weighted by Crippen LogP contribution is -2.11. The van der Waals surface area contributed by atoms with Crippen LogP contribution >= 0.6 is 0 Å². The highest BCUT2D eigenvalue weighted by molar-refractivity contribution is 5.20. The minimum absolute atomic E-state index is 0.580. The molecule has 0 rings (SSSR count). The van der Waals surface area contributed by atoms with Crippen molar-refractivity contribution in [3.8, 4) is 0 Å². The van der Waals surface area contributed by atoms with Gasteiger partial charge in [0.2, 0.25) is 0 Å². The lowest BCUT2D eigenvalue weighted by atomic mass is 9.83. The van der Waals surface area contributed by atoms with Gasteiger partial charge in [-0.05, 0) is 36.5 Å². The summed E-state index contributed by atoms with van der Waals surface area (Å²) < 4.78 is 0. The summed E-state index contributed by atoms with van der Waals surface area (Å²) in [5.41, 5.74) is 1.22. The zero-order valence-electron chi connectivity index (χ0n) is 13.8. The molecule has 0 nitrogen and oxygen atoms in total. The summed E-state index contributed by atoms with van der Waals surface area (Å²) in [6.07, 6.45) is 11.2.